The average molecular weight is 1020 g/mol. The smallest absolute Gasteiger partial charge is 0.328 e. The number of carbonyl (C=O) groups is 3. The highest BCUT2D eigenvalue weighted by Crippen LogP contribution is 2.47. The Labute approximate surface area is 428 Å². The van der Waals surface area contributed by atoms with E-state index in [0.29, 0.717) is 89.6 Å². The van der Waals surface area contributed by atoms with E-state index in [4.69, 9.17) is 32.7 Å². The Bertz CT molecular complexity index is 3010. The predicted molar refractivity (Wildman–Crippen MR) is 276 cm³/mol. The lowest BCUT2D eigenvalue weighted by Crippen LogP contribution is -2.51. The third kappa shape index (κ3) is 10.2. The number of likely N-dealkylation sites (tertiary alicyclic amines) is 2. The number of nitrogens with one attached hydrogen (secondary N) is 2. The molecule has 11 rings (SSSR count). The van der Waals surface area contributed by atoms with Gasteiger partial charge in [0.2, 0.25) is 5.91 Å². The lowest BCUT2D eigenvalue weighted by atomic mass is 9.92. The zero-order valence-corrected chi connectivity index (χ0v) is 41.9. The maximum absolute atomic E-state index is 17.1. The van der Waals surface area contributed by atoms with Crippen LogP contribution in [-0.4, -0.2) is 144 Å². The summed E-state index contributed by atoms with van der Waals surface area (Å²) in [6.07, 6.45) is 16.9. The van der Waals surface area contributed by atoms with E-state index in [2.05, 4.69) is 43.3 Å². The molecule has 3 aromatic carbocycles. The van der Waals surface area contributed by atoms with Gasteiger partial charge in [0.25, 0.3) is 5.91 Å². The standard InChI is InChI=1S/C55H61ClF2N10O5/c1-3-40-44(57)9-5-35-24-39(69)26-41(47(35)40)49-48(58)50-42(27-59-49)51(67-29-37-6-7-38(30-67)60-37)63-53(62-50)73-32-55(16-17-55)31-65-19-11-33(12-20-65)10-18-64(2)28-34-13-21-66(22-14-34)52(71)36-4-8-43(56)45(25-36)68-23-15-46(70)61-54(68)72/h1,4-5,8-9,24-27,33-34,37-38,60,69H,6-7,10-23,28-32H2,2H3,(H,61,70,72). The highest BCUT2D eigenvalue weighted by atomic mass is 35.5. The van der Waals surface area contributed by atoms with Crippen LogP contribution in [0.2, 0.25) is 5.02 Å². The summed E-state index contributed by atoms with van der Waals surface area (Å²) in [7, 11) is 2.21. The number of ether oxygens (including phenoxy) is 1. The van der Waals surface area contributed by atoms with Crippen LogP contribution in [0.3, 0.4) is 0 Å². The number of nitrogens with zero attached hydrogens (tertiary/aromatic N) is 8. The molecule has 5 saturated heterocycles. The first-order valence-electron chi connectivity index (χ1n) is 25.8. The van der Waals surface area contributed by atoms with E-state index in [1.54, 1.807) is 24.4 Å². The van der Waals surface area contributed by atoms with E-state index in [1.807, 2.05) is 4.90 Å². The highest BCUT2D eigenvalue weighted by molar-refractivity contribution is 6.34. The molecule has 1 aliphatic carbocycles. The minimum atomic E-state index is -0.729. The fourth-order valence-corrected chi connectivity index (χ4v) is 12.2. The fraction of sp³-hybridized carbons (Fsp3) is 0.491. The largest absolute Gasteiger partial charge is 0.508 e. The summed E-state index contributed by atoms with van der Waals surface area (Å²) >= 11 is 6.43. The van der Waals surface area contributed by atoms with Crippen LogP contribution in [0.15, 0.2) is 48.7 Å². The van der Waals surface area contributed by atoms with Crippen molar-refractivity contribution in [3.05, 3.63) is 76.4 Å². The molecular weight excluding hydrogens is 954 g/mol. The molecule has 382 valence electrons. The van der Waals surface area contributed by atoms with Crippen LogP contribution in [-0.2, 0) is 4.79 Å². The molecule has 6 aliphatic rings. The van der Waals surface area contributed by atoms with E-state index < -0.39 is 17.7 Å². The number of piperazine rings is 1. The Balaban J connectivity index is 0.685. The second-order valence-corrected chi connectivity index (χ2v) is 21.8. The van der Waals surface area contributed by atoms with Gasteiger partial charge in [-0.2, -0.15) is 9.97 Å². The highest BCUT2D eigenvalue weighted by Gasteiger charge is 2.46. The molecule has 5 aromatic rings. The number of piperidine rings is 2. The first-order chi connectivity index (χ1) is 35.3. The molecule has 0 radical (unpaired) electrons. The minimum Gasteiger partial charge on any atom is -0.508 e. The number of aromatic hydroxyl groups is 1. The van der Waals surface area contributed by atoms with Gasteiger partial charge < -0.3 is 34.8 Å². The van der Waals surface area contributed by atoms with Gasteiger partial charge >= 0.3 is 12.0 Å². The summed E-state index contributed by atoms with van der Waals surface area (Å²) in [4.78, 5) is 62.5. The number of imide groups is 1. The van der Waals surface area contributed by atoms with Gasteiger partial charge in [0.15, 0.2) is 5.82 Å². The molecule has 4 amide bonds. The maximum Gasteiger partial charge on any atom is 0.328 e. The monoisotopic (exact) mass is 1010 g/mol. The maximum atomic E-state index is 17.1. The second-order valence-electron chi connectivity index (χ2n) is 21.4. The molecule has 18 heteroatoms. The summed E-state index contributed by atoms with van der Waals surface area (Å²) in [5.74, 6) is 2.24. The number of hydrogen-bond acceptors (Lipinski definition) is 12. The van der Waals surface area contributed by atoms with Gasteiger partial charge in [0.05, 0.1) is 28.3 Å². The van der Waals surface area contributed by atoms with Crippen LogP contribution in [0.4, 0.5) is 25.1 Å². The van der Waals surface area contributed by atoms with Crippen molar-refractivity contribution in [2.45, 2.75) is 76.3 Å². The number of hydrogen-bond donors (Lipinski definition) is 3. The molecule has 15 nitrogen and oxygen atoms in total. The lowest BCUT2D eigenvalue weighted by molar-refractivity contribution is -0.120. The molecule has 0 spiro atoms. The molecule has 5 aliphatic heterocycles. The van der Waals surface area contributed by atoms with Gasteiger partial charge in [-0.05, 0) is 138 Å². The summed E-state index contributed by atoms with van der Waals surface area (Å²) < 4.78 is 38.7. The number of amides is 4. The van der Waals surface area contributed by atoms with Gasteiger partial charge in [-0.1, -0.05) is 23.6 Å². The SMILES string of the molecule is C#Cc1c(F)ccc2cc(O)cc(-c3ncc4c(N5CC6CCC(C5)N6)nc(OCC5(CN6CCC(CCN(C)CC7CCN(C(=O)c8ccc(Cl)c(N9CCC(=O)NC9=O)c8)CC7)CC6)CC5)nc4c3F)c12. The normalized spacial score (nSPS) is 21.6. The number of phenolic OH excluding ortho intramolecular Hbond substituents is 1. The molecule has 2 unspecified atom stereocenters. The average Bonchev–Trinajstić information content (AvgIpc) is 4.07. The van der Waals surface area contributed by atoms with Crippen LogP contribution in [0.25, 0.3) is 32.9 Å². The van der Waals surface area contributed by atoms with Crippen molar-refractivity contribution in [1.82, 2.24) is 40.3 Å². The number of anilines is 2. The lowest BCUT2D eigenvalue weighted by Gasteiger charge is -2.36. The molecule has 7 heterocycles. The van der Waals surface area contributed by atoms with E-state index in [0.717, 1.165) is 90.5 Å². The van der Waals surface area contributed by atoms with Crippen molar-refractivity contribution < 1.29 is 33.0 Å². The Morgan fingerprint density at radius 2 is 1.73 bits per heavy atom. The van der Waals surface area contributed by atoms with Gasteiger partial charge in [0, 0.05) is 92.4 Å². The molecular formula is C55H61ClF2N10O5. The second kappa shape index (κ2) is 20.3. The fourth-order valence-electron chi connectivity index (χ4n) is 12.0. The van der Waals surface area contributed by atoms with Crippen LogP contribution >= 0.6 is 11.6 Å². The molecule has 2 aromatic heterocycles. The first kappa shape index (κ1) is 49.0. The van der Waals surface area contributed by atoms with Crippen molar-refractivity contribution >= 4 is 62.6 Å². The molecule has 73 heavy (non-hydrogen) atoms. The number of pyridine rings is 1. The molecule has 6 fully saturated rings. The van der Waals surface area contributed by atoms with Gasteiger partial charge in [-0.25, -0.2) is 13.6 Å². The van der Waals surface area contributed by atoms with Crippen LogP contribution < -0.4 is 25.2 Å². The topological polar surface area (TPSA) is 160 Å². The summed E-state index contributed by atoms with van der Waals surface area (Å²) in [6.45, 7) is 8.36. The summed E-state index contributed by atoms with van der Waals surface area (Å²) in [5.41, 5.74) is 0.929. The Kier molecular flexibility index (Phi) is 13.6. The third-order valence-corrected chi connectivity index (χ3v) is 16.6. The van der Waals surface area contributed by atoms with E-state index in [1.165, 1.54) is 29.2 Å². The first-order valence-corrected chi connectivity index (χ1v) is 26.2. The van der Waals surface area contributed by atoms with Crippen LogP contribution in [0, 0.1) is 41.2 Å². The van der Waals surface area contributed by atoms with Gasteiger partial charge in [-0.3, -0.25) is 24.8 Å². The Morgan fingerprint density at radius 3 is 2.45 bits per heavy atom. The quantitative estimate of drug-likeness (QED) is 0.0938. The summed E-state index contributed by atoms with van der Waals surface area (Å²) in [6, 6.07) is 10.7. The number of terminal acetylenes is 1. The number of aromatic nitrogens is 3. The number of phenols is 1. The van der Waals surface area contributed by atoms with E-state index >= 15 is 8.78 Å². The Hall–Kier alpha value is -6.19. The van der Waals surface area contributed by atoms with E-state index in [-0.39, 0.29) is 69.7 Å². The third-order valence-electron chi connectivity index (χ3n) is 16.3. The van der Waals surface area contributed by atoms with Crippen molar-refractivity contribution in [2.24, 2.45) is 17.3 Å². The number of halogens is 3. The van der Waals surface area contributed by atoms with Crippen molar-refractivity contribution in [3.8, 4) is 35.4 Å². The predicted octanol–water partition coefficient (Wildman–Crippen LogP) is 7.60. The summed E-state index contributed by atoms with van der Waals surface area (Å²) in [5, 5.41) is 18.2. The molecule has 2 bridgehead atoms. The molecule has 3 N–H and O–H groups in total. The number of rotatable bonds is 14. The number of fused-ring (bicyclic) bond motifs is 4. The van der Waals surface area contributed by atoms with Crippen LogP contribution in [0.5, 0.6) is 11.8 Å². The number of carbonyl (C=O) groups excluding carboxylic acids is 3. The van der Waals surface area contributed by atoms with Crippen molar-refractivity contribution in [2.75, 3.05) is 88.9 Å². The molecule has 2 atom stereocenters. The van der Waals surface area contributed by atoms with Gasteiger partial charge in [-0.15, -0.1) is 6.42 Å². The van der Waals surface area contributed by atoms with Gasteiger partial charge in [0.1, 0.15) is 28.6 Å². The van der Waals surface area contributed by atoms with Crippen LogP contribution in [0.1, 0.15) is 80.1 Å². The molecule has 1 saturated carbocycles. The Morgan fingerprint density at radius 1 is 0.973 bits per heavy atom. The minimum absolute atomic E-state index is 0.0380. The van der Waals surface area contributed by atoms with Crippen molar-refractivity contribution in [1.29, 1.82) is 0 Å². The number of benzene rings is 3. The zero-order valence-electron chi connectivity index (χ0n) is 41.1. The zero-order chi connectivity index (χ0) is 50.5. The van der Waals surface area contributed by atoms with E-state index in [9.17, 15) is 19.5 Å². The van der Waals surface area contributed by atoms with Crippen molar-refractivity contribution in [3.63, 3.8) is 0 Å². The number of urea groups is 1.